The molecule has 1 aliphatic rings. The van der Waals surface area contributed by atoms with Crippen molar-refractivity contribution in [2.75, 3.05) is 49.7 Å². The molecule has 0 atom stereocenters. The molecule has 0 bridgehead atoms. The first-order chi connectivity index (χ1) is 12.1. The molecule has 2 aromatic rings. The van der Waals surface area contributed by atoms with E-state index in [-0.39, 0.29) is 11.6 Å². The van der Waals surface area contributed by atoms with Crippen molar-refractivity contribution < 1.29 is 13.5 Å². The second-order valence-electron chi connectivity index (χ2n) is 6.39. The number of benzene rings is 2. The number of morpholine rings is 1. The lowest BCUT2D eigenvalue weighted by atomic mass is 10.1. The van der Waals surface area contributed by atoms with Crippen molar-refractivity contribution in [3.8, 4) is 0 Å². The second-order valence-corrected chi connectivity index (χ2v) is 6.39. The lowest BCUT2D eigenvalue weighted by molar-refractivity contribution is 0.122. The Balaban J connectivity index is 1.56. The van der Waals surface area contributed by atoms with E-state index in [0.717, 1.165) is 43.7 Å². The van der Waals surface area contributed by atoms with Gasteiger partial charge in [-0.3, -0.25) is 0 Å². The SMILES string of the molecule is CN(CCCc1cccc(F)c1)c1ccc(N2CCOCC2)c(F)c1. The molecule has 0 aromatic heterocycles. The van der Waals surface area contributed by atoms with Crippen LogP contribution in [0, 0.1) is 11.6 Å². The zero-order chi connectivity index (χ0) is 17.6. The Morgan fingerprint density at radius 1 is 1.08 bits per heavy atom. The fourth-order valence-electron chi connectivity index (χ4n) is 3.14. The molecule has 3 rings (SSSR count). The minimum atomic E-state index is -0.202. The standard InChI is InChI=1S/C20H24F2N2O/c1-23(9-3-5-16-4-2-6-17(21)14-16)18-7-8-20(19(22)15-18)24-10-12-25-13-11-24/h2,4,6-8,14-15H,3,5,9-13H2,1H3. The largest absolute Gasteiger partial charge is 0.378 e. The highest BCUT2D eigenvalue weighted by Gasteiger charge is 2.16. The molecule has 0 amide bonds. The topological polar surface area (TPSA) is 15.7 Å². The molecule has 1 aliphatic heterocycles. The smallest absolute Gasteiger partial charge is 0.148 e. The molecule has 1 heterocycles. The van der Waals surface area contributed by atoms with Crippen LogP contribution in [0.3, 0.4) is 0 Å². The number of ether oxygens (including phenoxy) is 1. The molecular weight excluding hydrogens is 322 g/mol. The van der Waals surface area contributed by atoms with E-state index in [4.69, 9.17) is 4.74 Å². The van der Waals surface area contributed by atoms with E-state index >= 15 is 0 Å². The molecule has 0 spiro atoms. The van der Waals surface area contributed by atoms with Crippen LogP contribution in [-0.2, 0) is 11.2 Å². The van der Waals surface area contributed by atoms with Crippen molar-refractivity contribution in [3.05, 3.63) is 59.7 Å². The van der Waals surface area contributed by atoms with Crippen LogP contribution in [0.25, 0.3) is 0 Å². The number of hydrogen-bond acceptors (Lipinski definition) is 3. The number of halogens is 2. The van der Waals surface area contributed by atoms with Gasteiger partial charge in [0, 0.05) is 32.4 Å². The number of hydrogen-bond donors (Lipinski definition) is 0. The summed E-state index contributed by atoms with van der Waals surface area (Å²) in [5.41, 5.74) is 2.48. The molecule has 0 saturated carbocycles. The minimum absolute atomic E-state index is 0.198. The van der Waals surface area contributed by atoms with E-state index < -0.39 is 0 Å². The molecule has 0 N–H and O–H groups in total. The van der Waals surface area contributed by atoms with Crippen molar-refractivity contribution in [3.63, 3.8) is 0 Å². The zero-order valence-electron chi connectivity index (χ0n) is 14.5. The van der Waals surface area contributed by atoms with Gasteiger partial charge in [-0.05, 0) is 48.7 Å². The fourth-order valence-corrected chi connectivity index (χ4v) is 3.14. The first kappa shape index (κ1) is 17.7. The van der Waals surface area contributed by atoms with E-state index in [0.29, 0.717) is 18.9 Å². The average molecular weight is 346 g/mol. The van der Waals surface area contributed by atoms with Crippen LogP contribution in [0.15, 0.2) is 42.5 Å². The highest BCUT2D eigenvalue weighted by Crippen LogP contribution is 2.25. The van der Waals surface area contributed by atoms with Gasteiger partial charge in [-0.2, -0.15) is 0 Å². The van der Waals surface area contributed by atoms with Crippen LogP contribution in [0.1, 0.15) is 12.0 Å². The van der Waals surface area contributed by atoms with Crippen LogP contribution in [0.2, 0.25) is 0 Å². The van der Waals surface area contributed by atoms with Crippen molar-refractivity contribution in [1.29, 1.82) is 0 Å². The van der Waals surface area contributed by atoms with Gasteiger partial charge in [0.05, 0.1) is 18.9 Å². The Morgan fingerprint density at radius 2 is 1.88 bits per heavy atom. The lowest BCUT2D eigenvalue weighted by Crippen LogP contribution is -2.36. The van der Waals surface area contributed by atoms with E-state index in [1.54, 1.807) is 18.2 Å². The third-order valence-electron chi connectivity index (χ3n) is 4.57. The van der Waals surface area contributed by atoms with Crippen LogP contribution in [-0.4, -0.2) is 39.9 Å². The van der Waals surface area contributed by atoms with E-state index in [2.05, 4.69) is 0 Å². The maximum atomic E-state index is 14.5. The van der Waals surface area contributed by atoms with Gasteiger partial charge in [-0.1, -0.05) is 12.1 Å². The summed E-state index contributed by atoms with van der Waals surface area (Å²) in [6.45, 7) is 3.51. The summed E-state index contributed by atoms with van der Waals surface area (Å²) < 4.78 is 33.0. The van der Waals surface area contributed by atoms with Crippen LogP contribution < -0.4 is 9.80 Å². The molecule has 5 heteroatoms. The molecule has 25 heavy (non-hydrogen) atoms. The average Bonchev–Trinajstić information content (AvgIpc) is 2.62. The predicted molar refractivity (Wildman–Crippen MR) is 97.4 cm³/mol. The molecular formula is C20H24F2N2O. The highest BCUT2D eigenvalue weighted by molar-refractivity contribution is 5.57. The monoisotopic (exact) mass is 346 g/mol. The van der Waals surface area contributed by atoms with Gasteiger partial charge in [0.15, 0.2) is 0 Å². The number of aryl methyl sites for hydroxylation is 1. The lowest BCUT2D eigenvalue weighted by Gasteiger charge is -2.29. The van der Waals surface area contributed by atoms with E-state index in [9.17, 15) is 8.78 Å². The molecule has 2 aromatic carbocycles. The molecule has 1 saturated heterocycles. The number of anilines is 2. The summed E-state index contributed by atoms with van der Waals surface area (Å²) in [7, 11) is 1.95. The number of rotatable bonds is 6. The predicted octanol–water partition coefficient (Wildman–Crippen LogP) is 3.87. The molecule has 3 nitrogen and oxygen atoms in total. The Hall–Kier alpha value is -2.14. The first-order valence-corrected chi connectivity index (χ1v) is 8.71. The van der Waals surface area contributed by atoms with Crippen LogP contribution in [0.4, 0.5) is 20.2 Å². The minimum Gasteiger partial charge on any atom is -0.378 e. The zero-order valence-corrected chi connectivity index (χ0v) is 14.5. The second kappa shape index (κ2) is 8.30. The van der Waals surface area contributed by atoms with Gasteiger partial charge in [0.1, 0.15) is 11.6 Å². The normalized spacial score (nSPS) is 14.6. The quantitative estimate of drug-likeness (QED) is 0.790. The summed E-state index contributed by atoms with van der Waals surface area (Å²) in [6, 6.07) is 12.1. The van der Waals surface area contributed by atoms with Gasteiger partial charge in [0.25, 0.3) is 0 Å². The van der Waals surface area contributed by atoms with Crippen molar-refractivity contribution >= 4 is 11.4 Å². The molecule has 0 radical (unpaired) electrons. The Bertz CT molecular complexity index is 702. The Labute approximate surface area is 147 Å². The van der Waals surface area contributed by atoms with Crippen LogP contribution in [0.5, 0.6) is 0 Å². The first-order valence-electron chi connectivity index (χ1n) is 8.71. The Morgan fingerprint density at radius 3 is 2.60 bits per heavy atom. The van der Waals surface area contributed by atoms with Gasteiger partial charge in [-0.15, -0.1) is 0 Å². The van der Waals surface area contributed by atoms with Crippen molar-refractivity contribution in [2.45, 2.75) is 12.8 Å². The molecule has 0 aliphatic carbocycles. The fraction of sp³-hybridized carbons (Fsp3) is 0.400. The third kappa shape index (κ3) is 4.69. The highest BCUT2D eigenvalue weighted by atomic mass is 19.1. The van der Waals surface area contributed by atoms with Gasteiger partial charge in [-0.25, -0.2) is 8.78 Å². The number of nitrogens with zero attached hydrogens (tertiary/aromatic N) is 2. The van der Waals surface area contributed by atoms with Gasteiger partial charge in [0.2, 0.25) is 0 Å². The third-order valence-corrected chi connectivity index (χ3v) is 4.57. The van der Waals surface area contributed by atoms with Gasteiger partial charge >= 0.3 is 0 Å². The summed E-state index contributed by atoms with van der Waals surface area (Å²) in [5.74, 6) is -0.400. The maximum absolute atomic E-state index is 14.5. The molecule has 1 fully saturated rings. The summed E-state index contributed by atoms with van der Waals surface area (Å²) >= 11 is 0. The molecule has 134 valence electrons. The van der Waals surface area contributed by atoms with E-state index in [1.165, 1.54) is 6.07 Å². The summed E-state index contributed by atoms with van der Waals surface area (Å²) in [5, 5.41) is 0. The van der Waals surface area contributed by atoms with Gasteiger partial charge < -0.3 is 14.5 Å². The molecule has 0 unspecified atom stereocenters. The van der Waals surface area contributed by atoms with Crippen LogP contribution >= 0.6 is 0 Å². The maximum Gasteiger partial charge on any atom is 0.148 e. The summed E-state index contributed by atoms with van der Waals surface area (Å²) in [4.78, 5) is 4.05. The van der Waals surface area contributed by atoms with E-state index in [1.807, 2.05) is 35.0 Å². The summed E-state index contributed by atoms with van der Waals surface area (Å²) in [6.07, 6.45) is 1.68. The Kier molecular flexibility index (Phi) is 5.87. The van der Waals surface area contributed by atoms with Crippen molar-refractivity contribution in [2.24, 2.45) is 0 Å². The van der Waals surface area contributed by atoms with Crippen molar-refractivity contribution in [1.82, 2.24) is 0 Å².